The van der Waals surface area contributed by atoms with Crippen LogP contribution in [0.5, 0.6) is 0 Å². The number of carbonyl (C=O) groups excluding carboxylic acids is 1. The number of epoxide rings is 1. The molecule has 1 heterocycles. The van der Waals surface area contributed by atoms with Gasteiger partial charge in [0.1, 0.15) is 12.2 Å². The molecular formula is C9H7ClO2. The molecule has 3 heteroatoms. The summed E-state index contributed by atoms with van der Waals surface area (Å²) in [6.45, 7) is 0. The van der Waals surface area contributed by atoms with Crippen LogP contribution in [0.15, 0.2) is 24.3 Å². The van der Waals surface area contributed by atoms with Crippen molar-refractivity contribution in [2.24, 2.45) is 0 Å². The first-order valence-corrected chi connectivity index (χ1v) is 4.05. The maximum absolute atomic E-state index is 10.3. The van der Waals surface area contributed by atoms with Gasteiger partial charge in [0.05, 0.1) is 0 Å². The monoisotopic (exact) mass is 182 g/mol. The van der Waals surface area contributed by atoms with E-state index in [9.17, 15) is 4.79 Å². The lowest BCUT2D eigenvalue weighted by atomic mass is 10.1. The van der Waals surface area contributed by atoms with E-state index in [0.29, 0.717) is 5.02 Å². The van der Waals surface area contributed by atoms with Gasteiger partial charge in [-0.2, -0.15) is 0 Å². The number of carbonyl (C=O) groups is 1. The minimum atomic E-state index is -0.244. The van der Waals surface area contributed by atoms with Gasteiger partial charge in [0.25, 0.3) is 0 Å². The van der Waals surface area contributed by atoms with Gasteiger partial charge in [-0.05, 0) is 17.7 Å². The first-order valence-electron chi connectivity index (χ1n) is 3.67. The molecular weight excluding hydrogens is 176 g/mol. The van der Waals surface area contributed by atoms with E-state index >= 15 is 0 Å². The summed E-state index contributed by atoms with van der Waals surface area (Å²) in [5, 5.41) is 0.696. The van der Waals surface area contributed by atoms with Gasteiger partial charge in [0.2, 0.25) is 0 Å². The van der Waals surface area contributed by atoms with E-state index in [4.69, 9.17) is 16.3 Å². The van der Waals surface area contributed by atoms with Crippen molar-refractivity contribution in [2.45, 2.75) is 12.2 Å². The van der Waals surface area contributed by atoms with Crippen LogP contribution in [0.1, 0.15) is 11.7 Å². The van der Waals surface area contributed by atoms with E-state index in [1.807, 2.05) is 12.1 Å². The summed E-state index contributed by atoms with van der Waals surface area (Å²) in [4.78, 5) is 10.3. The molecule has 12 heavy (non-hydrogen) atoms. The van der Waals surface area contributed by atoms with Crippen molar-refractivity contribution in [1.29, 1.82) is 0 Å². The quantitative estimate of drug-likeness (QED) is 0.517. The molecule has 0 bridgehead atoms. The van der Waals surface area contributed by atoms with Crippen LogP contribution in [0, 0.1) is 0 Å². The Morgan fingerprint density at radius 2 is 2.00 bits per heavy atom. The summed E-state index contributed by atoms with van der Waals surface area (Å²) in [7, 11) is 0. The Kier molecular flexibility index (Phi) is 1.87. The predicted molar refractivity (Wildman–Crippen MR) is 45.1 cm³/mol. The fourth-order valence-electron chi connectivity index (χ4n) is 1.15. The van der Waals surface area contributed by atoms with Crippen molar-refractivity contribution in [3.05, 3.63) is 34.9 Å². The van der Waals surface area contributed by atoms with Crippen LogP contribution in [0.4, 0.5) is 0 Å². The largest absolute Gasteiger partial charge is 0.357 e. The molecule has 0 amide bonds. The lowest BCUT2D eigenvalue weighted by molar-refractivity contribution is -0.108. The van der Waals surface area contributed by atoms with E-state index < -0.39 is 0 Å². The van der Waals surface area contributed by atoms with Crippen molar-refractivity contribution >= 4 is 17.9 Å². The smallest absolute Gasteiger partial charge is 0.151 e. The first-order chi connectivity index (χ1) is 5.81. The lowest BCUT2D eigenvalue weighted by Gasteiger charge is -1.93. The Balaban J connectivity index is 2.15. The molecule has 0 spiro atoms. The third-order valence-electron chi connectivity index (χ3n) is 1.86. The number of benzene rings is 1. The summed E-state index contributed by atoms with van der Waals surface area (Å²) in [5.41, 5.74) is 1.01. The fourth-order valence-corrected chi connectivity index (χ4v) is 1.27. The van der Waals surface area contributed by atoms with Crippen molar-refractivity contribution in [3.63, 3.8) is 0 Å². The number of rotatable bonds is 2. The van der Waals surface area contributed by atoms with Gasteiger partial charge < -0.3 is 9.53 Å². The molecule has 2 rings (SSSR count). The second kappa shape index (κ2) is 2.88. The predicted octanol–water partition coefficient (Wildman–Crippen LogP) is 1.98. The van der Waals surface area contributed by atoms with Gasteiger partial charge in [-0.15, -0.1) is 0 Å². The Hall–Kier alpha value is -0.860. The molecule has 0 aromatic heterocycles. The second-order valence-electron chi connectivity index (χ2n) is 2.71. The van der Waals surface area contributed by atoms with Crippen LogP contribution in [0.25, 0.3) is 0 Å². The van der Waals surface area contributed by atoms with Gasteiger partial charge >= 0.3 is 0 Å². The molecule has 0 N–H and O–H groups in total. The molecule has 1 fully saturated rings. The van der Waals surface area contributed by atoms with Crippen molar-refractivity contribution in [2.75, 3.05) is 0 Å². The maximum Gasteiger partial charge on any atom is 0.151 e. The highest BCUT2D eigenvalue weighted by molar-refractivity contribution is 6.30. The Labute approximate surface area is 75.1 Å². The molecule has 0 radical (unpaired) electrons. The second-order valence-corrected chi connectivity index (χ2v) is 3.15. The average Bonchev–Trinajstić information content (AvgIpc) is 2.85. The topological polar surface area (TPSA) is 29.6 Å². The number of hydrogen-bond acceptors (Lipinski definition) is 2. The molecule has 1 saturated heterocycles. The highest BCUT2D eigenvalue weighted by Gasteiger charge is 2.39. The summed E-state index contributed by atoms with van der Waals surface area (Å²) in [5.74, 6) is 0. The van der Waals surface area contributed by atoms with E-state index in [0.717, 1.165) is 11.8 Å². The number of hydrogen-bond donors (Lipinski definition) is 0. The standard InChI is InChI=1S/C9H7ClO2/c10-7-3-1-6(2-4-7)9-8(5-11)12-9/h1-5,8-9H/t8-,9+/m0/s1. The van der Waals surface area contributed by atoms with Crippen LogP contribution in [0.3, 0.4) is 0 Å². The third-order valence-corrected chi connectivity index (χ3v) is 2.11. The summed E-state index contributed by atoms with van der Waals surface area (Å²) in [6, 6.07) is 7.33. The van der Waals surface area contributed by atoms with E-state index in [2.05, 4.69) is 0 Å². The van der Waals surface area contributed by atoms with Gasteiger partial charge in [-0.1, -0.05) is 23.7 Å². The van der Waals surface area contributed by atoms with E-state index in [1.165, 1.54) is 0 Å². The molecule has 1 aromatic rings. The zero-order chi connectivity index (χ0) is 8.55. The highest BCUT2D eigenvalue weighted by Crippen LogP contribution is 2.37. The van der Waals surface area contributed by atoms with Gasteiger partial charge in [0.15, 0.2) is 6.29 Å². The molecule has 1 aliphatic rings. The van der Waals surface area contributed by atoms with Gasteiger partial charge in [0, 0.05) is 5.02 Å². The van der Waals surface area contributed by atoms with E-state index in [1.54, 1.807) is 12.1 Å². The molecule has 0 unspecified atom stereocenters. The summed E-state index contributed by atoms with van der Waals surface area (Å²) >= 11 is 5.70. The lowest BCUT2D eigenvalue weighted by Crippen LogP contribution is -1.88. The molecule has 62 valence electrons. The SMILES string of the molecule is O=C[C@@H]1O[C@@H]1c1ccc(Cl)cc1. The van der Waals surface area contributed by atoms with Crippen molar-refractivity contribution in [3.8, 4) is 0 Å². The van der Waals surface area contributed by atoms with E-state index in [-0.39, 0.29) is 12.2 Å². The average molecular weight is 183 g/mol. The number of halogens is 1. The van der Waals surface area contributed by atoms with Crippen LogP contribution >= 0.6 is 11.6 Å². The van der Waals surface area contributed by atoms with Crippen LogP contribution < -0.4 is 0 Å². The highest BCUT2D eigenvalue weighted by atomic mass is 35.5. The Morgan fingerprint density at radius 1 is 1.33 bits per heavy atom. The fraction of sp³-hybridized carbons (Fsp3) is 0.222. The summed E-state index contributed by atoms with van der Waals surface area (Å²) < 4.78 is 5.08. The number of ether oxygens (including phenoxy) is 1. The van der Waals surface area contributed by atoms with Gasteiger partial charge in [-0.3, -0.25) is 0 Å². The van der Waals surface area contributed by atoms with Crippen LogP contribution in [-0.2, 0) is 9.53 Å². The van der Waals surface area contributed by atoms with Crippen molar-refractivity contribution in [1.82, 2.24) is 0 Å². The molecule has 1 aliphatic heterocycles. The van der Waals surface area contributed by atoms with Crippen LogP contribution in [0.2, 0.25) is 5.02 Å². The Morgan fingerprint density at radius 3 is 2.50 bits per heavy atom. The minimum absolute atomic E-state index is 0.0419. The molecule has 0 saturated carbocycles. The summed E-state index contributed by atoms with van der Waals surface area (Å²) in [6.07, 6.45) is 0.533. The zero-order valence-corrected chi connectivity index (χ0v) is 6.99. The third kappa shape index (κ3) is 1.36. The zero-order valence-electron chi connectivity index (χ0n) is 6.24. The molecule has 2 atom stereocenters. The van der Waals surface area contributed by atoms with Crippen molar-refractivity contribution < 1.29 is 9.53 Å². The van der Waals surface area contributed by atoms with Gasteiger partial charge in [-0.25, -0.2) is 0 Å². The van der Waals surface area contributed by atoms with Crippen LogP contribution in [-0.4, -0.2) is 12.4 Å². The normalized spacial score (nSPS) is 26.8. The molecule has 0 aliphatic carbocycles. The molecule has 1 aromatic carbocycles. The number of aldehydes is 1. The minimum Gasteiger partial charge on any atom is -0.357 e. The maximum atomic E-state index is 10.3. The molecule has 2 nitrogen and oxygen atoms in total. The first kappa shape index (κ1) is 7.77. The Bertz CT molecular complexity index is 294.